The fraction of sp³-hybridized carbons (Fsp3) is 0.316. The Morgan fingerprint density at radius 2 is 1.86 bits per heavy atom. The van der Waals surface area contributed by atoms with Gasteiger partial charge in [0.2, 0.25) is 15.9 Å². The largest absolute Gasteiger partial charge is 0.497 e. The van der Waals surface area contributed by atoms with E-state index in [2.05, 4.69) is 5.32 Å². The Labute approximate surface area is 180 Å². The summed E-state index contributed by atoms with van der Waals surface area (Å²) >= 11 is 12.1. The van der Waals surface area contributed by atoms with Gasteiger partial charge in [0, 0.05) is 5.56 Å². The molecule has 0 saturated carbocycles. The summed E-state index contributed by atoms with van der Waals surface area (Å²) in [7, 11) is -0.736. The van der Waals surface area contributed by atoms with Gasteiger partial charge in [0.15, 0.2) is 0 Å². The number of sulfonamides is 1. The van der Waals surface area contributed by atoms with Gasteiger partial charge in [-0.1, -0.05) is 29.3 Å². The van der Waals surface area contributed by atoms with Crippen LogP contribution in [0.1, 0.15) is 18.5 Å². The highest BCUT2D eigenvalue weighted by Crippen LogP contribution is 2.34. The van der Waals surface area contributed by atoms with Crippen LogP contribution in [0.25, 0.3) is 0 Å². The monoisotopic (exact) mass is 460 g/mol. The van der Waals surface area contributed by atoms with Gasteiger partial charge in [-0.2, -0.15) is 0 Å². The number of hydrogen-bond acceptors (Lipinski definition) is 5. The van der Waals surface area contributed by atoms with E-state index < -0.39 is 28.5 Å². The Hall–Kier alpha value is -2.16. The van der Waals surface area contributed by atoms with Crippen LogP contribution in [0.3, 0.4) is 0 Å². The maximum Gasteiger partial charge on any atom is 0.241 e. The summed E-state index contributed by atoms with van der Waals surface area (Å²) in [4.78, 5) is 12.6. The lowest BCUT2D eigenvalue weighted by molar-refractivity contribution is -0.120. The van der Waals surface area contributed by atoms with Gasteiger partial charge in [-0.05, 0) is 37.3 Å². The highest BCUT2D eigenvalue weighted by molar-refractivity contribution is 7.92. The smallest absolute Gasteiger partial charge is 0.241 e. The minimum absolute atomic E-state index is 0.0508. The Kier molecular flexibility index (Phi) is 7.62. The van der Waals surface area contributed by atoms with Crippen LogP contribution in [-0.4, -0.2) is 41.3 Å². The van der Waals surface area contributed by atoms with Gasteiger partial charge >= 0.3 is 0 Å². The fourth-order valence-electron chi connectivity index (χ4n) is 2.74. The van der Waals surface area contributed by atoms with Gasteiger partial charge in [0.25, 0.3) is 0 Å². The van der Waals surface area contributed by atoms with Crippen molar-refractivity contribution in [2.24, 2.45) is 0 Å². The average molecular weight is 461 g/mol. The number of nitrogens with zero attached hydrogens (tertiary/aromatic N) is 1. The molecule has 2 aromatic carbocycles. The number of anilines is 1. The SMILES string of the molecule is COc1ccc(OC)c([C@H](C)NC(=O)CN(c2cccc(Cl)c2Cl)S(C)(=O)=O)c1. The molecule has 158 valence electrons. The van der Waals surface area contributed by atoms with Crippen molar-refractivity contribution in [1.29, 1.82) is 0 Å². The first-order valence-electron chi connectivity index (χ1n) is 8.51. The van der Waals surface area contributed by atoms with Crippen LogP contribution in [0.5, 0.6) is 11.5 Å². The van der Waals surface area contributed by atoms with E-state index in [4.69, 9.17) is 32.7 Å². The van der Waals surface area contributed by atoms with Gasteiger partial charge in [-0.25, -0.2) is 8.42 Å². The molecule has 0 aliphatic rings. The standard InChI is InChI=1S/C19H22Cl2N2O5S/c1-12(14-10-13(27-2)8-9-17(14)28-3)22-18(24)11-23(29(4,25)26)16-7-5-6-15(20)19(16)21/h5-10,12H,11H2,1-4H3,(H,22,24)/t12-/m0/s1. The second-order valence-corrected chi connectivity index (χ2v) is 8.93. The summed E-state index contributed by atoms with van der Waals surface area (Å²) in [5.41, 5.74) is 0.815. The molecule has 0 fully saturated rings. The van der Waals surface area contributed by atoms with Gasteiger partial charge in [0.05, 0.1) is 42.2 Å². The lowest BCUT2D eigenvalue weighted by Gasteiger charge is -2.25. The van der Waals surface area contributed by atoms with E-state index in [9.17, 15) is 13.2 Å². The summed E-state index contributed by atoms with van der Waals surface area (Å²) in [5, 5.41) is 3.01. The van der Waals surface area contributed by atoms with E-state index in [0.717, 1.165) is 10.6 Å². The van der Waals surface area contributed by atoms with Crippen LogP contribution in [0.2, 0.25) is 10.0 Å². The number of nitrogens with one attached hydrogen (secondary N) is 1. The number of methoxy groups -OCH3 is 2. The van der Waals surface area contributed by atoms with E-state index in [1.54, 1.807) is 31.2 Å². The molecule has 0 aliphatic carbocycles. The van der Waals surface area contributed by atoms with Gasteiger partial charge in [-0.15, -0.1) is 0 Å². The summed E-state index contributed by atoms with van der Waals surface area (Å²) in [6.07, 6.45) is 0.992. The third-order valence-electron chi connectivity index (χ3n) is 4.17. The lowest BCUT2D eigenvalue weighted by atomic mass is 10.1. The molecule has 10 heteroatoms. The average Bonchev–Trinajstić information content (AvgIpc) is 2.67. The summed E-state index contributed by atoms with van der Waals surface area (Å²) in [5.74, 6) is 0.644. The van der Waals surface area contributed by atoms with Crippen LogP contribution in [0.15, 0.2) is 36.4 Å². The Bertz CT molecular complexity index is 998. The van der Waals surface area contributed by atoms with Crippen molar-refractivity contribution in [2.75, 3.05) is 31.3 Å². The molecule has 0 bridgehead atoms. The molecule has 1 N–H and O–H groups in total. The lowest BCUT2D eigenvalue weighted by Crippen LogP contribution is -2.41. The van der Waals surface area contributed by atoms with E-state index in [1.165, 1.54) is 26.4 Å². The van der Waals surface area contributed by atoms with Crippen molar-refractivity contribution >= 4 is 44.8 Å². The van der Waals surface area contributed by atoms with Crippen LogP contribution in [0, 0.1) is 0 Å². The predicted octanol–water partition coefficient (Wildman–Crippen LogP) is 3.65. The molecule has 7 nitrogen and oxygen atoms in total. The fourth-order valence-corrected chi connectivity index (χ4v) is 4.05. The van der Waals surface area contributed by atoms with E-state index >= 15 is 0 Å². The Morgan fingerprint density at radius 3 is 2.45 bits per heavy atom. The third-order valence-corrected chi connectivity index (χ3v) is 6.10. The number of halogens is 2. The molecule has 0 aromatic heterocycles. The van der Waals surface area contributed by atoms with Crippen LogP contribution in [0.4, 0.5) is 5.69 Å². The van der Waals surface area contributed by atoms with Crippen LogP contribution >= 0.6 is 23.2 Å². The molecule has 0 heterocycles. The number of hydrogen-bond donors (Lipinski definition) is 1. The number of benzene rings is 2. The molecule has 1 amide bonds. The molecule has 29 heavy (non-hydrogen) atoms. The summed E-state index contributed by atoms with van der Waals surface area (Å²) in [6.45, 7) is 1.29. The van der Waals surface area contributed by atoms with Crippen molar-refractivity contribution in [2.45, 2.75) is 13.0 Å². The van der Waals surface area contributed by atoms with Crippen molar-refractivity contribution < 1.29 is 22.7 Å². The number of amides is 1. The predicted molar refractivity (Wildman–Crippen MR) is 115 cm³/mol. The topological polar surface area (TPSA) is 84.9 Å². The normalized spacial score (nSPS) is 12.2. The minimum atomic E-state index is -3.79. The zero-order valence-corrected chi connectivity index (χ0v) is 18.7. The highest BCUT2D eigenvalue weighted by atomic mass is 35.5. The second-order valence-electron chi connectivity index (χ2n) is 6.24. The molecular formula is C19H22Cl2N2O5S. The quantitative estimate of drug-likeness (QED) is 0.649. The summed E-state index contributed by atoms with van der Waals surface area (Å²) in [6, 6.07) is 9.32. The Morgan fingerprint density at radius 1 is 1.17 bits per heavy atom. The number of rotatable bonds is 8. The third kappa shape index (κ3) is 5.68. The maximum absolute atomic E-state index is 12.6. The van der Waals surface area contributed by atoms with Gasteiger partial charge in [-0.3, -0.25) is 9.10 Å². The van der Waals surface area contributed by atoms with Crippen molar-refractivity contribution in [3.63, 3.8) is 0 Å². The van der Waals surface area contributed by atoms with Crippen molar-refractivity contribution in [1.82, 2.24) is 5.32 Å². The van der Waals surface area contributed by atoms with E-state index in [0.29, 0.717) is 17.1 Å². The van der Waals surface area contributed by atoms with Gasteiger partial charge < -0.3 is 14.8 Å². The Balaban J connectivity index is 2.26. The zero-order chi connectivity index (χ0) is 21.8. The molecule has 2 aromatic rings. The molecule has 2 rings (SSSR count). The minimum Gasteiger partial charge on any atom is -0.497 e. The maximum atomic E-state index is 12.6. The second kappa shape index (κ2) is 9.56. The zero-order valence-electron chi connectivity index (χ0n) is 16.4. The number of carbonyl (C=O) groups is 1. The van der Waals surface area contributed by atoms with Crippen LogP contribution < -0.4 is 19.1 Å². The molecule has 0 spiro atoms. The van der Waals surface area contributed by atoms with Gasteiger partial charge in [0.1, 0.15) is 18.0 Å². The first-order valence-corrected chi connectivity index (χ1v) is 11.1. The van der Waals surface area contributed by atoms with E-state index in [-0.39, 0.29) is 15.7 Å². The highest BCUT2D eigenvalue weighted by Gasteiger charge is 2.25. The molecular weight excluding hydrogens is 439 g/mol. The molecule has 0 aliphatic heterocycles. The van der Waals surface area contributed by atoms with Crippen LogP contribution in [-0.2, 0) is 14.8 Å². The van der Waals surface area contributed by atoms with E-state index in [1.807, 2.05) is 0 Å². The molecule has 1 atom stereocenters. The van der Waals surface area contributed by atoms with Crippen molar-refractivity contribution in [3.8, 4) is 11.5 Å². The first-order chi connectivity index (χ1) is 13.6. The number of ether oxygens (including phenoxy) is 2. The molecule has 0 unspecified atom stereocenters. The molecule has 0 saturated heterocycles. The van der Waals surface area contributed by atoms with Crippen molar-refractivity contribution in [3.05, 3.63) is 52.0 Å². The first kappa shape index (κ1) is 23.1. The summed E-state index contributed by atoms with van der Waals surface area (Å²) < 4.78 is 36.0. The molecule has 0 radical (unpaired) electrons. The number of carbonyl (C=O) groups excluding carboxylic acids is 1.